The molecule has 0 atom stereocenters. The third kappa shape index (κ3) is 3.89. The smallest absolute Gasteiger partial charge is 0.317 e. The number of thiophene rings is 1. The summed E-state index contributed by atoms with van der Waals surface area (Å²) in [5.41, 5.74) is 0. The first-order chi connectivity index (χ1) is 6.72. The molecule has 0 fully saturated rings. The fourth-order valence-corrected chi connectivity index (χ4v) is 1.96. The third-order valence-electron chi connectivity index (χ3n) is 2.06. The second kappa shape index (κ2) is 5.78. The van der Waals surface area contributed by atoms with Crippen molar-refractivity contribution >= 4 is 17.3 Å². The van der Waals surface area contributed by atoms with Crippen LogP contribution in [0.4, 0.5) is 0 Å². The molecule has 14 heavy (non-hydrogen) atoms. The predicted octanol–water partition coefficient (Wildman–Crippen LogP) is 1.70. The zero-order valence-electron chi connectivity index (χ0n) is 8.27. The molecular weight excluding hydrogens is 198 g/mol. The van der Waals surface area contributed by atoms with Crippen molar-refractivity contribution in [2.24, 2.45) is 0 Å². The minimum atomic E-state index is -0.752. The van der Waals surface area contributed by atoms with Crippen molar-refractivity contribution in [3.8, 4) is 0 Å². The van der Waals surface area contributed by atoms with Crippen LogP contribution in [0.1, 0.15) is 11.8 Å². The standard InChI is InChI=1S/C10H15NO2S/c1-2-11(8-10(12)13)6-5-9-4-3-7-14-9/h3-4,7H,2,5-6,8H2,1H3,(H,12,13). The van der Waals surface area contributed by atoms with E-state index in [2.05, 4.69) is 6.07 Å². The van der Waals surface area contributed by atoms with Gasteiger partial charge in [-0.2, -0.15) is 0 Å². The number of nitrogens with zero attached hydrogens (tertiary/aromatic N) is 1. The molecule has 0 unspecified atom stereocenters. The fraction of sp³-hybridized carbons (Fsp3) is 0.500. The van der Waals surface area contributed by atoms with Crippen LogP contribution in [0.5, 0.6) is 0 Å². The van der Waals surface area contributed by atoms with E-state index in [0.29, 0.717) is 0 Å². The van der Waals surface area contributed by atoms with Crippen molar-refractivity contribution < 1.29 is 9.90 Å². The monoisotopic (exact) mass is 213 g/mol. The van der Waals surface area contributed by atoms with Crippen LogP contribution in [0.3, 0.4) is 0 Å². The second-order valence-electron chi connectivity index (χ2n) is 3.09. The van der Waals surface area contributed by atoms with Crippen LogP contribution in [-0.4, -0.2) is 35.6 Å². The van der Waals surface area contributed by atoms with E-state index >= 15 is 0 Å². The van der Waals surface area contributed by atoms with Gasteiger partial charge in [0.2, 0.25) is 0 Å². The van der Waals surface area contributed by atoms with E-state index in [1.54, 1.807) is 11.3 Å². The molecule has 1 heterocycles. The zero-order chi connectivity index (χ0) is 10.4. The number of hydrogen-bond acceptors (Lipinski definition) is 3. The summed E-state index contributed by atoms with van der Waals surface area (Å²) in [5.74, 6) is -0.752. The van der Waals surface area contributed by atoms with Gasteiger partial charge in [0.1, 0.15) is 0 Å². The summed E-state index contributed by atoms with van der Waals surface area (Å²) in [6, 6.07) is 4.10. The van der Waals surface area contributed by atoms with Crippen LogP contribution in [0.2, 0.25) is 0 Å². The first-order valence-electron chi connectivity index (χ1n) is 4.69. The molecule has 0 amide bonds. The van der Waals surface area contributed by atoms with Gasteiger partial charge in [0.05, 0.1) is 6.54 Å². The lowest BCUT2D eigenvalue weighted by atomic mass is 10.3. The van der Waals surface area contributed by atoms with Crippen LogP contribution in [0.25, 0.3) is 0 Å². The Kier molecular flexibility index (Phi) is 4.62. The molecule has 0 aliphatic carbocycles. The molecule has 3 nitrogen and oxygen atoms in total. The lowest BCUT2D eigenvalue weighted by Crippen LogP contribution is -2.31. The SMILES string of the molecule is CCN(CCc1cccs1)CC(=O)O. The summed E-state index contributed by atoms with van der Waals surface area (Å²) >= 11 is 1.72. The van der Waals surface area contributed by atoms with Crippen LogP contribution in [0, 0.1) is 0 Å². The molecule has 4 heteroatoms. The minimum absolute atomic E-state index is 0.141. The first-order valence-corrected chi connectivity index (χ1v) is 5.57. The molecule has 1 rings (SSSR count). The Balaban J connectivity index is 2.30. The number of carboxylic acids is 1. The van der Waals surface area contributed by atoms with Crippen molar-refractivity contribution in [2.75, 3.05) is 19.6 Å². The summed E-state index contributed by atoms with van der Waals surface area (Å²) in [6.07, 6.45) is 0.943. The van der Waals surface area contributed by atoms with E-state index in [0.717, 1.165) is 19.5 Å². The van der Waals surface area contributed by atoms with Crippen molar-refractivity contribution in [3.05, 3.63) is 22.4 Å². The fourth-order valence-electron chi connectivity index (χ4n) is 1.26. The Morgan fingerprint density at radius 3 is 2.93 bits per heavy atom. The van der Waals surface area contributed by atoms with Crippen LogP contribution in [-0.2, 0) is 11.2 Å². The second-order valence-corrected chi connectivity index (χ2v) is 4.12. The number of aliphatic carboxylic acids is 1. The van der Waals surface area contributed by atoms with Crippen molar-refractivity contribution in [1.82, 2.24) is 4.90 Å². The molecule has 0 aliphatic rings. The first kappa shape index (κ1) is 11.2. The molecule has 1 aromatic rings. The molecule has 0 aromatic carbocycles. The Morgan fingerprint density at radius 2 is 2.43 bits per heavy atom. The van der Waals surface area contributed by atoms with Gasteiger partial charge >= 0.3 is 5.97 Å². The number of hydrogen-bond donors (Lipinski definition) is 1. The Morgan fingerprint density at radius 1 is 1.64 bits per heavy atom. The van der Waals surface area contributed by atoms with Gasteiger partial charge < -0.3 is 5.11 Å². The molecule has 0 aliphatic heterocycles. The average molecular weight is 213 g/mol. The summed E-state index contributed by atoms with van der Waals surface area (Å²) < 4.78 is 0. The summed E-state index contributed by atoms with van der Waals surface area (Å²) in [6.45, 7) is 3.74. The number of likely N-dealkylation sites (N-methyl/N-ethyl adjacent to an activating group) is 1. The summed E-state index contributed by atoms with van der Waals surface area (Å²) in [5, 5.41) is 10.7. The molecule has 1 N–H and O–H groups in total. The van der Waals surface area contributed by atoms with Gasteiger partial charge in [0.25, 0.3) is 0 Å². The molecule has 0 radical (unpaired) electrons. The summed E-state index contributed by atoms with van der Waals surface area (Å²) in [4.78, 5) is 13.7. The van der Waals surface area contributed by atoms with Crippen LogP contribution >= 0.6 is 11.3 Å². The van der Waals surface area contributed by atoms with E-state index in [4.69, 9.17) is 5.11 Å². The third-order valence-corrected chi connectivity index (χ3v) is 3.00. The van der Waals surface area contributed by atoms with Gasteiger partial charge in [-0.25, -0.2) is 0 Å². The average Bonchev–Trinajstić information content (AvgIpc) is 2.64. The lowest BCUT2D eigenvalue weighted by Gasteiger charge is -2.16. The quantitative estimate of drug-likeness (QED) is 0.782. The van der Waals surface area contributed by atoms with E-state index < -0.39 is 5.97 Å². The van der Waals surface area contributed by atoms with Gasteiger partial charge in [-0.05, 0) is 24.4 Å². The number of carboxylic acid groups (broad SMARTS) is 1. The maximum atomic E-state index is 10.5. The van der Waals surface area contributed by atoms with Crippen LogP contribution in [0.15, 0.2) is 17.5 Å². The minimum Gasteiger partial charge on any atom is -0.480 e. The van der Waals surface area contributed by atoms with Gasteiger partial charge in [0, 0.05) is 11.4 Å². The molecule has 0 spiro atoms. The van der Waals surface area contributed by atoms with E-state index in [1.807, 2.05) is 23.3 Å². The molecule has 0 bridgehead atoms. The molecule has 0 saturated heterocycles. The Hall–Kier alpha value is -0.870. The Labute approximate surface area is 88.0 Å². The van der Waals surface area contributed by atoms with Gasteiger partial charge in [-0.1, -0.05) is 13.0 Å². The largest absolute Gasteiger partial charge is 0.480 e. The molecular formula is C10H15NO2S. The molecule has 0 saturated carbocycles. The van der Waals surface area contributed by atoms with E-state index in [-0.39, 0.29) is 6.54 Å². The predicted molar refractivity (Wildman–Crippen MR) is 57.8 cm³/mol. The maximum Gasteiger partial charge on any atom is 0.317 e. The highest BCUT2D eigenvalue weighted by Gasteiger charge is 2.07. The lowest BCUT2D eigenvalue weighted by molar-refractivity contribution is -0.138. The highest BCUT2D eigenvalue weighted by atomic mass is 32.1. The van der Waals surface area contributed by atoms with E-state index in [1.165, 1.54) is 4.88 Å². The molecule has 1 aromatic heterocycles. The highest BCUT2D eigenvalue weighted by Crippen LogP contribution is 2.09. The van der Waals surface area contributed by atoms with Gasteiger partial charge in [0.15, 0.2) is 0 Å². The normalized spacial score (nSPS) is 10.7. The van der Waals surface area contributed by atoms with Crippen LogP contribution < -0.4 is 0 Å². The number of rotatable bonds is 6. The van der Waals surface area contributed by atoms with Crippen molar-refractivity contribution in [3.63, 3.8) is 0 Å². The van der Waals surface area contributed by atoms with Gasteiger partial charge in [-0.15, -0.1) is 11.3 Å². The van der Waals surface area contributed by atoms with Gasteiger partial charge in [-0.3, -0.25) is 9.69 Å². The van der Waals surface area contributed by atoms with E-state index in [9.17, 15) is 4.79 Å². The maximum absolute atomic E-state index is 10.5. The highest BCUT2D eigenvalue weighted by molar-refractivity contribution is 7.09. The topological polar surface area (TPSA) is 40.5 Å². The zero-order valence-corrected chi connectivity index (χ0v) is 9.09. The Bertz CT molecular complexity index is 272. The molecule has 78 valence electrons. The summed E-state index contributed by atoms with van der Waals surface area (Å²) in [7, 11) is 0. The number of carbonyl (C=O) groups is 1. The van der Waals surface area contributed by atoms with Crippen molar-refractivity contribution in [2.45, 2.75) is 13.3 Å². The van der Waals surface area contributed by atoms with Crippen molar-refractivity contribution in [1.29, 1.82) is 0 Å².